The first-order valence-electron chi connectivity index (χ1n) is 8.67. The maximum Gasteiger partial charge on any atom is 0.255 e. The largest absolute Gasteiger partial charge is 0.497 e. The third-order valence-corrected chi connectivity index (χ3v) is 5.23. The minimum atomic E-state index is -0.133. The van der Waals surface area contributed by atoms with Crippen molar-refractivity contribution in [1.29, 1.82) is 0 Å². The number of carbonyl (C=O) groups excluding carboxylic acids is 2. The molecule has 3 rings (SSSR count). The molecule has 0 atom stereocenters. The van der Waals surface area contributed by atoms with E-state index in [4.69, 9.17) is 9.26 Å². The Balaban J connectivity index is 1.53. The number of benzene rings is 1. The Labute approximate surface area is 165 Å². The number of piperidine rings is 1. The molecule has 1 aromatic heterocycles. The predicted molar refractivity (Wildman–Crippen MR) is 100 cm³/mol. The number of hydrogen-bond acceptors (Lipinski definition) is 6. The van der Waals surface area contributed by atoms with Crippen molar-refractivity contribution < 1.29 is 18.8 Å². The van der Waals surface area contributed by atoms with Gasteiger partial charge in [0, 0.05) is 23.5 Å². The molecule has 2 amide bonds. The van der Waals surface area contributed by atoms with Crippen LogP contribution in [-0.2, 0) is 11.3 Å². The third-order valence-electron chi connectivity index (χ3n) is 4.54. The quantitative estimate of drug-likeness (QED) is 0.771. The summed E-state index contributed by atoms with van der Waals surface area (Å²) in [5, 5.41) is 6.51. The lowest BCUT2D eigenvalue weighted by molar-refractivity contribution is -0.126. The molecule has 1 aliphatic rings. The molecule has 0 saturated carbocycles. The van der Waals surface area contributed by atoms with E-state index in [2.05, 4.69) is 31.4 Å². The van der Waals surface area contributed by atoms with Gasteiger partial charge in [-0.1, -0.05) is 5.16 Å². The van der Waals surface area contributed by atoms with E-state index in [-0.39, 0.29) is 24.3 Å². The number of likely N-dealkylation sites (tertiary alicyclic amines) is 1. The normalized spacial score (nSPS) is 14.9. The van der Waals surface area contributed by atoms with Gasteiger partial charge in [0.15, 0.2) is 5.82 Å². The van der Waals surface area contributed by atoms with Gasteiger partial charge in [-0.3, -0.25) is 9.59 Å². The minimum absolute atomic E-state index is 0.0551. The van der Waals surface area contributed by atoms with Crippen LogP contribution in [0.4, 0.5) is 0 Å². The third kappa shape index (κ3) is 4.65. The van der Waals surface area contributed by atoms with E-state index in [1.165, 1.54) is 0 Å². The van der Waals surface area contributed by atoms with E-state index in [0.29, 0.717) is 49.0 Å². The van der Waals surface area contributed by atoms with Crippen LogP contribution in [0.15, 0.2) is 27.2 Å². The summed E-state index contributed by atoms with van der Waals surface area (Å²) in [5.41, 5.74) is 0.559. The van der Waals surface area contributed by atoms with Gasteiger partial charge in [0.2, 0.25) is 11.8 Å². The molecule has 1 saturated heterocycles. The first-order chi connectivity index (χ1) is 13.0. The summed E-state index contributed by atoms with van der Waals surface area (Å²) in [7, 11) is 1.57. The van der Waals surface area contributed by atoms with Crippen molar-refractivity contribution in [3.05, 3.63) is 40.0 Å². The molecule has 1 aliphatic heterocycles. The van der Waals surface area contributed by atoms with Crippen molar-refractivity contribution in [3.8, 4) is 5.75 Å². The van der Waals surface area contributed by atoms with Crippen LogP contribution in [0.25, 0.3) is 0 Å². The van der Waals surface area contributed by atoms with E-state index in [1.54, 1.807) is 37.1 Å². The van der Waals surface area contributed by atoms with Gasteiger partial charge in [-0.15, -0.1) is 0 Å². The van der Waals surface area contributed by atoms with Crippen molar-refractivity contribution in [1.82, 2.24) is 20.4 Å². The highest BCUT2D eigenvalue weighted by atomic mass is 79.9. The summed E-state index contributed by atoms with van der Waals surface area (Å²) in [6.07, 6.45) is 1.23. The van der Waals surface area contributed by atoms with Crippen molar-refractivity contribution in [3.63, 3.8) is 0 Å². The van der Waals surface area contributed by atoms with Gasteiger partial charge in [-0.2, -0.15) is 4.98 Å². The first-order valence-corrected chi connectivity index (χ1v) is 9.47. The zero-order chi connectivity index (χ0) is 19.4. The van der Waals surface area contributed by atoms with Gasteiger partial charge >= 0.3 is 0 Å². The Morgan fingerprint density at radius 2 is 2.11 bits per heavy atom. The number of rotatable bonds is 5. The second-order valence-corrected chi connectivity index (χ2v) is 7.22. The van der Waals surface area contributed by atoms with Crippen LogP contribution in [0.2, 0.25) is 0 Å². The maximum absolute atomic E-state index is 12.8. The molecule has 27 heavy (non-hydrogen) atoms. The number of carbonyl (C=O) groups is 2. The number of hydrogen-bond donors (Lipinski definition) is 1. The molecule has 0 spiro atoms. The van der Waals surface area contributed by atoms with Crippen molar-refractivity contribution in [2.45, 2.75) is 26.3 Å². The van der Waals surface area contributed by atoms with Gasteiger partial charge in [0.1, 0.15) is 5.75 Å². The molecule has 0 bridgehead atoms. The number of methoxy groups -OCH3 is 1. The molecular formula is C18H21BrN4O4. The summed E-state index contributed by atoms with van der Waals surface area (Å²) in [6.45, 7) is 3.00. The number of nitrogens with zero attached hydrogens (tertiary/aromatic N) is 3. The molecule has 1 fully saturated rings. The van der Waals surface area contributed by atoms with E-state index >= 15 is 0 Å². The zero-order valence-corrected chi connectivity index (χ0v) is 16.8. The van der Waals surface area contributed by atoms with E-state index in [1.807, 2.05) is 0 Å². The topological polar surface area (TPSA) is 97.6 Å². The SMILES string of the molecule is COc1ccc(Br)c(C(=O)N2CCC(C(=O)NCc3nc(C)no3)CC2)c1. The summed E-state index contributed by atoms with van der Waals surface area (Å²) >= 11 is 3.42. The Morgan fingerprint density at radius 1 is 1.37 bits per heavy atom. The highest BCUT2D eigenvalue weighted by Gasteiger charge is 2.28. The molecule has 9 heteroatoms. The lowest BCUT2D eigenvalue weighted by Gasteiger charge is -2.31. The van der Waals surface area contributed by atoms with Crippen molar-refractivity contribution in [2.24, 2.45) is 5.92 Å². The van der Waals surface area contributed by atoms with Crippen molar-refractivity contribution >= 4 is 27.7 Å². The van der Waals surface area contributed by atoms with E-state index in [0.717, 1.165) is 4.47 Å². The second-order valence-electron chi connectivity index (χ2n) is 6.37. The fourth-order valence-electron chi connectivity index (χ4n) is 3.03. The minimum Gasteiger partial charge on any atom is -0.497 e. The van der Waals surface area contributed by atoms with Gasteiger partial charge in [0.25, 0.3) is 5.91 Å². The van der Waals surface area contributed by atoms with E-state index < -0.39 is 0 Å². The van der Waals surface area contributed by atoms with Crippen molar-refractivity contribution in [2.75, 3.05) is 20.2 Å². The molecule has 2 aromatic rings. The average molecular weight is 437 g/mol. The fraction of sp³-hybridized carbons (Fsp3) is 0.444. The van der Waals surface area contributed by atoms with Crippen LogP contribution in [0.3, 0.4) is 0 Å². The van der Waals surface area contributed by atoms with Crippen LogP contribution in [0.5, 0.6) is 5.75 Å². The Bertz CT molecular complexity index is 831. The summed E-state index contributed by atoms with van der Waals surface area (Å²) in [4.78, 5) is 31.0. The fourth-order valence-corrected chi connectivity index (χ4v) is 3.45. The van der Waals surface area contributed by atoms with Gasteiger partial charge in [-0.05, 0) is 53.9 Å². The number of aromatic nitrogens is 2. The molecule has 144 valence electrons. The predicted octanol–water partition coefficient (Wildman–Crippen LogP) is 2.32. The van der Waals surface area contributed by atoms with Crippen LogP contribution in [-0.4, -0.2) is 47.1 Å². The van der Waals surface area contributed by atoms with Crippen LogP contribution < -0.4 is 10.1 Å². The highest BCUT2D eigenvalue weighted by molar-refractivity contribution is 9.10. The highest BCUT2D eigenvalue weighted by Crippen LogP contribution is 2.26. The number of halogens is 1. The lowest BCUT2D eigenvalue weighted by Crippen LogP contribution is -2.43. The molecule has 0 aliphatic carbocycles. The summed E-state index contributed by atoms with van der Waals surface area (Å²) < 4.78 is 10.9. The lowest BCUT2D eigenvalue weighted by atomic mass is 9.95. The molecule has 0 unspecified atom stereocenters. The van der Waals surface area contributed by atoms with Crippen LogP contribution >= 0.6 is 15.9 Å². The summed E-state index contributed by atoms with van der Waals surface area (Å²) in [5.74, 6) is 1.30. The number of aryl methyl sites for hydroxylation is 1. The van der Waals surface area contributed by atoms with Crippen LogP contribution in [0, 0.1) is 12.8 Å². The van der Waals surface area contributed by atoms with Gasteiger partial charge < -0.3 is 19.5 Å². The average Bonchev–Trinajstić information content (AvgIpc) is 3.11. The Hall–Kier alpha value is -2.42. The maximum atomic E-state index is 12.8. The van der Waals surface area contributed by atoms with Crippen LogP contribution in [0.1, 0.15) is 34.9 Å². The molecular weight excluding hydrogens is 416 g/mol. The molecule has 1 aromatic carbocycles. The summed E-state index contributed by atoms with van der Waals surface area (Å²) in [6, 6.07) is 5.31. The Morgan fingerprint density at radius 3 is 2.74 bits per heavy atom. The zero-order valence-electron chi connectivity index (χ0n) is 15.2. The van der Waals surface area contributed by atoms with Gasteiger partial charge in [-0.25, -0.2) is 0 Å². The van der Waals surface area contributed by atoms with Gasteiger partial charge in [0.05, 0.1) is 19.2 Å². The number of nitrogens with one attached hydrogen (secondary N) is 1. The number of amides is 2. The molecule has 8 nitrogen and oxygen atoms in total. The molecule has 0 radical (unpaired) electrons. The first kappa shape index (κ1) is 19.3. The standard InChI is InChI=1S/C18H21BrN4O4/c1-11-21-16(27-22-11)10-20-17(24)12-5-7-23(8-6-12)18(25)14-9-13(26-2)3-4-15(14)19/h3-4,9,12H,5-8,10H2,1-2H3,(H,20,24). The Kier molecular flexibility index (Phi) is 6.10. The van der Waals surface area contributed by atoms with E-state index in [9.17, 15) is 9.59 Å². The monoisotopic (exact) mass is 436 g/mol. The molecule has 2 heterocycles. The smallest absolute Gasteiger partial charge is 0.255 e. The molecule has 1 N–H and O–H groups in total. The number of ether oxygens (including phenoxy) is 1. The second kappa shape index (κ2) is 8.51.